The lowest BCUT2D eigenvalue weighted by atomic mass is 10.2. The maximum atomic E-state index is 11.7. The Morgan fingerprint density at radius 2 is 1.88 bits per heavy atom. The number of ether oxygens (including phenoxy) is 1. The lowest BCUT2D eigenvalue weighted by Gasteiger charge is -2.37. The molecule has 0 aliphatic carbocycles. The molecule has 138 valence electrons. The van der Waals surface area contributed by atoms with E-state index in [0.717, 1.165) is 50.6 Å². The van der Waals surface area contributed by atoms with Crippen molar-refractivity contribution in [1.82, 2.24) is 9.80 Å². The third-order valence-corrected chi connectivity index (χ3v) is 4.95. The van der Waals surface area contributed by atoms with Gasteiger partial charge in [-0.2, -0.15) is 0 Å². The molecule has 2 aliphatic rings. The van der Waals surface area contributed by atoms with Gasteiger partial charge in [0.25, 0.3) is 0 Å². The quantitative estimate of drug-likeness (QED) is 0.803. The zero-order valence-corrected chi connectivity index (χ0v) is 15.1. The second-order valence-electron chi connectivity index (χ2n) is 6.79. The maximum absolute atomic E-state index is 11.7. The van der Waals surface area contributed by atoms with Gasteiger partial charge in [-0.1, -0.05) is 12.1 Å². The van der Waals surface area contributed by atoms with Gasteiger partial charge in [-0.25, -0.2) is 0 Å². The van der Waals surface area contributed by atoms with Crippen LogP contribution in [0.15, 0.2) is 24.3 Å². The van der Waals surface area contributed by atoms with E-state index in [2.05, 4.69) is 15.9 Å². The molecule has 2 aliphatic heterocycles. The summed E-state index contributed by atoms with van der Waals surface area (Å²) in [5, 5.41) is 10.3. The molecule has 0 unspecified atom stereocenters. The Balaban J connectivity index is 1.48. The first-order chi connectivity index (χ1) is 12.2. The van der Waals surface area contributed by atoms with Crippen LogP contribution in [-0.2, 0) is 4.79 Å². The van der Waals surface area contributed by atoms with E-state index < -0.39 is 6.10 Å². The first-order valence-electron chi connectivity index (χ1n) is 9.32. The van der Waals surface area contributed by atoms with Crippen molar-refractivity contribution in [2.45, 2.75) is 25.9 Å². The molecule has 6 nitrogen and oxygen atoms in total. The largest absolute Gasteiger partial charge is 0.492 e. The molecular weight excluding hydrogens is 318 g/mol. The van der Waals surface area contributed by atoms with Gasteiger partial charge in [-0.15, -0.1) is 0 Å². The second kappa shape index (κ2) is 8.54. The average Bonchev–Trinajstić information content (AvgIpc) is 3.01. The van der Waals surface area contributed by atoms with Crippen molar-refractivity contribution in [3.8, 4) is 5.75 Å². The van der Waals surface area contributed by atoms with Crippen molar-refractivity contribution in [2.24, 2.45) is 0 Å². The predicted octanol–water partition coefficient (Wildman–Crippen LogP) is 1.19. The highest BCUT2D eigenvalue weighted by atomic mass is 16.5. The summed E-state index contributed by atoms with van der Waals surface area (Å²) in [5.74, 6) is 1.11. The van der Waals surface area contributed by atoms with Gasteiger partial charge in [0.15, 0.2) is 0 Å². The van der Waals surface area contributed by atoms with Crippen molar-refractivity contribution in [1.29, 1.82) is 0 Å². The van der Waals surface area contributed by atoms with Crippen LogP contribution in [0.25, 0.3) is 0 Å². The first-order valence-corrected chi connectivity index (χ1v) is 9.32. The highest BCUT2D eigenvalue weighted by Crippen LogP contribution is 2.28. The molecule has 2 heterocycles. The normalized spacial score (nSPS) is 20.2. The molecule has 3 rings (SSSR count). The number of aliphatic hydroxyl groups excluding tert-OH is 1. The number of para-hydroxylation sites is 2. The molecule has 1 amide bonds. The van der Waals surface area contributed by atoms with Crippen molar-refractivity contribution in [3.63, 3.8) is 0 Å². The minimum absolute atomic E-state index is 0.177. The third-order valence-electron chi connectivity index (χ3n) is 4.95. The summed E-state index contributed by atoms with van der Waals surface area (Å²) in [7, 11) is 0. The number of β-amino-alcohol motifs (C(OH)–C–C–N with tert-alkyl or cyclic N) is 1. The molecule has 0 bridgehead atoms. The topological polar surface area (TPSA) is 56.2 Å². The molecule has 0 radical (unpaired) electrons. The van der Waals surface area contributed by atoms with Gasteiger partial charge < -0.3 is 19.6 Å². The fourth-order valence-corrected chi connectivity index (χ4v) is 3.67. The predicted molar refractivity (Wildman–Crippen MR) is 98.1 cm³/mol. The molecule has 2 saturated heterocycles. The van der Waals surface area contributed by atoms with Crippen LogP contribution < -0.4 is 9.64 Å². The van der Waals surface area contributed by atoms with Crippen LogP contribution in [0.1, 0.15) is 19.8 Å². The number of nitrogens with zero attached hydrogens (tertiary/aromatic N) is 3. The number of carbonyl (C=O) groups is 1. The van der Waals surface area contributed by atoms with E-state index >= 15 is 0 Å². The summed E-state index contributed by atoms with van der Waals surface area (Å²) in [6, 6.07) is 8.16. The summed E-state index contributed by atoms with van der Waals surface area (Å²) in [6.07, 6.45) is 1.08. The first kappa shape index (κ1) is 18.0. The number of piperazine rings is 1. The Morgan fingerprint density at radius 3 is 2.56 bits per heavy atom. The van der Waals surface area contributed by atoms with Crippen molar-refractivity contribution < 1.29 is 14.6 Å². The van der Waals surface area contributed by atoms with Gasteiger partial charge in [0.2, 0.25) is 5.91 Å². The zero-order chi connectivity index (χ0) is 17.6. The Hall–Kier alpha value is -1.79. The molecule has 0 spiro atoms. The molecule has 6 heteroatoms. The molecule has 0 aromatic heterocycles. The van der Waals surface area contributed by atoms with Gasteiger partial charge in [0, 0.05) is 52.2 Å². The average molecular weight is 347 g/mol. The van der Waals surface area contributed by atoms with Crippen molar-refractivity contribution in [3.05, 3.63) is 24.3 Å². The van der Waals surface area contributed by atoms with Crippen LogP contribution in [0.3, 0.4) is 0 Å². The number of likely N-dealkylation sites (tertiary alicyclic amines) is 1. The van der Waals surface area contributed by atoms with Crippen molar-refractivity contribution in [2.75, 3.05) is 57.3 Å². The Kier molecular flexibility index (Phi) is 6.15. The van der Waals surface area contributed by atoms with Crippen LogP contribution in [-0.4, -0.2) is 79.3 Å². The Labute approximate surface area is 150 Å². The lowest BCUT2D eigenvalue weighted by Crippen LogP contribution is -2.50. The second-order valence-corrected chi connectivity index (χ2v) is 6.79. The lowest BCUT2D eigenvalue weighted by molar-refractivity contribution is -0.129. The monoisotopic (exact) mass is 347 g/mol. The molecular formula is C19H29N3O3. The van der Waals surface area contributed by atoms with E-state index in [1.807, 2.05) is 25.1 Å². The highest BCUT2D eigenvalue weighted by Gasteiger charge is 2.25. The van der Waals surface area contributed by atoms with E-state index in [0.29, 0.717) is 26.1 Å². The SMILES string of the molecule is CCOc1ccccc1N1CCN(C[C@@H](O)CN2CCCC2=O)CC1. The van der Waals surface area contributed by atoms with E-state index in [-0.39, 0.29) is 5.91 Å². The number of rotatable bonds is 7. The number of aliphatic hydroxyl groups is 1. The highest BCUT2D eigenvalue weighted by molar-refractivity contribution is 5.78. The molecule has 1 N–H and O–H groups in total. The summed E-state index contributed by atoms with van der Waals surface area (Å²) < 4.78 is 5.73. The van der Waals surface area contributed by atoms with Gasteiger partial charge in [0.05, 0.1) is 18.4 Å². The summed E-state index contributed by atoms with van der Waals surface area (Å²) in [5.41, 5.74) is 1.15. The summed E-state index contributed by atoms with van der Waals surface area (Å²) in [4.78, 5) is 18.1. The van der Waals surface area contributed by atoms with Crippen LogP contribution in [0.4, 0.5) is 5.69 Å². The molecule has 2 fully saturated rings. The fourth-order valence-electron chi connectivity index (χ4n) is 3.67. The van der Waals surface area contributed by atoms with E-state index in [9.17, 15) is 9.90 Å². The van der Waals surface area contributed by atoms with Crippen LogP contribution in [0.2, 0.25) is 0 Å². The van der Waals surface area contributed by atoms with E-state index in [4.69, 9.17) is 4.74 Å². The van der Waals surface area contributed by atoms with Gasteiger partial charge in [-0.05, 0) is 25.5 Å². The number of amides is 1. The van der Waals surface area contributed by atoms with Crippen LogP contribution >= 0.6 is 0 Å². The number of hydrogen-bond donors (Lipinski definition) is 1. The zero-order valence-electron chi connectivity index (χ0n) is 15.1. The minimum Gasteiger partial charge on any atom is -0.492 e. The Morgan fingerprint density at radius 1 is 1.12 bits per heavy atom. The maximum Gasteiger partial charge on any atom is 0.222 e. The minimum atomic E-state index is -0.468. The van der Waals surface area contributed by atoms with E-state index in [1.165, 1.54) is 0 Å². The van der Waals surface area contributed by atoms with Gasteiger partial charge in [-0.3, -0.25) is 9.69 Å². The number of anilines is 1. The fraction of sp³-hybridized carbons (Fsp3) is 0.632. The number of carbonyl (C=O) groups excluding carboxylic acids is 1. The van der Waals surface area contributed by atoms with Gasteiger partial charge in [0.1, 0.15) is 5.75 Å². The van der Waals surface area contributed by atoms with Crippen LogP contribution in [0.5, 0.6) is 5.75 Å². The molecule has 1 aromatic rings. The van der Waals surface area contributed by atoms with E-state index in [1.54, 1.807) is 4.90 Å². The van der Waals surface area contributed by atoms with Crippen molar-refractivity contribution >= 4 is 11.6 Å². The Bertz CT molecular complexity index is 573. The van der Waals surface area contributed by atoms with Crippen LogP contribution in [0, 0.1) is 0 Å². The van der Waals surface area contributed by atoms with Gasteiger partial charge >= 0.3 is 0 Å². The number of hydrogen-bond acceptors (Lipinski definition) is 5. The third kappa shape index (κ3) is 4.64. The number of benzene rings is 1. The standard InChI is InChI=1S/C19H29N3O3/c1-2-25-18-7-4-3-6-17(18)21-12-10-20(11-13-21)14-16(23)15-22-9-5-8-19(22)24/h3-4,6-7,16,23H,2,5,8-15H2,1H3/t16-/m1/s1. The molecule has 25 heavy (non-hydrogen) atoms. The smallest absolute Gasteiger partial charge is 0.222 e. The summed E-state index contributed by atoms with van der Waals surface area (Å²) >= 11 is 0. The molecule has 0 saturated carbocycles. The molecule has 1 aromatic carbocycles. The summed E-state index contributed by atoms with van der Waals surface area (Å²) in [6.45, 7) is 8.20. The molecule has 1 atom stereocenters.